The van der Waals surface area contributed by atoms with E-state index in [-0.39, 0.29) is 6.61 Å². The molecule has 0 spiro atoms. The van der Waals surface area contributed by atoms with Crippen molar-refractivity contribution in [2.75, 3.05) is 38.2 Å². The van der Waals surface area contributed by atoms with Crippen LogP contribution in [0, 0.1) is 5.92 Å². The first-order valence-electron chi connectivity index (χ1n) is 9.63. The Morgan fingerprint density at radius 1 is 1.36 bits per heavy atom. The number of halogens is 1. The molecule has 1 aliphatic rings. The molecule has 0 saturated carbocycles. The zero-order valence-corrected chi connectivity index (χ0v) is 16.8. The van der Waals surface area contributed by atoms with Crippen molar-refractivity contribution in [3.05, 3.63) is 35.4 Å². The summed E-state index contributed by atoms with van der Waals surface area (Å²) >= 11 is 6.22. The molecule has 3 rings (SSSR count). The minimum absolute atomic E-state index is 0.0648. The Kier molecular flexibility index (Phi) is 7.30. The molecule has 152 valence electrons. The third-order valence-electron chi connectivity index (χ3n) is 5.13. The fourth-order valence-corrected chi connectivity index (χ4v) is 3.63. The molecule has 2 aromatic rings. The van der Waals surface area contributed by atoms with E-state index >= 15 is 0 Å². The molecule has 1 fully saturated rings. The first-order chi connectivity index (χ1) is 13.6. The maximum absolute atomic E-state index is 11.6. The molecule has 1 aromatic carbocycles. The quantitative estimate of drug-likeness (QED) is 0.613. The van der Waals surface area contributed by atoms with Crippen molar-refractivity contribution in [1.82, 2.24) is 15.6 Å². The van der Waals surface area contributed by atoms with E-state index in [1.165, 1.54) is 0 Å². The summed E-state index contributed by atoms with van der Waals surface area (Å²) in [6.45, 7) is 2.40. The summed E-state index contributed by atoms with van der Waals surface area (Å²) in [7, 11) is 1.60. The Bertz CT molecular complexity index is 796. The minimum Gasteiger partial charge on any atom is -0.445 e. The van der Waals surface area contributed by atoms with Crippen LogP contribution in [0.1, 0.15) is 19.3 Å². The highest BCUT2D eigenvalue weighted by Gasteiger charge is 2.20. The maximum atomic E-state index is 11.6. The number of rotatable bonds is 7. The number of aliphatic hydroxyl groups excluding tert-OH is 1. The van der Waals surface area contributed by atoms with Crippen molar-refractivity contribution in [3.63, 3.8) is 0 Å². The minimum atomic E-state index is -0.838. The van der Waals surface area contributed by atoms with Gasteiger partial charge in [0.2, 0.25) is 0 Å². The van der Waals surface area contributed by atoms with Gasteiger partial charge in [-0.2, -0.15) is 0 Å². The molecule has 0 aliphatic carbocycles. The molecule has 0 bridgehead atoms. The molecule has 28 heavy (non-hydrogen) atoms. The maximum Gasteiger partial charge on any atom is 0.407 e. The lowest BCUT2D eigenvalue weighted by Gasteiger charge is -2.33. The Morgan fingerprint density at radius 3 is 2.89 bits per heavy atom. The van der Waals surface area contributed by atoms with Gasteiger partial charge in [-0.05, 0) is 56.5 Å². The third kappa shape index (κ3) is 5.47. The van der Waals surface area contributed by atoms with Crippen LogP contribution in [-0.2, 0) is 4.74 Å². The standard InChI is InChI=1S/C20H27ClN4O3/c1-22-19(26)13-28-20(27)23-10-7-14-8-11-25(12-9-14)18-6-5-15-16(21)3-2-4-17(15)24-18/h2-6,14,19,22,26H,7-13H2,1H3,(H,23,27). The van der Waals surface area contributed by atoms with E-state index in [1.54, 1.807) is 7.05 Å². The summed E-state index contributed by atoms with van der Waals surface area (Å²) in [5.74, 6) is 1.55. The van der Waals surface area contributed by atoms with Gasteiger partial charge in [-0.15, -0.1) is 0 Å². The van der Waals surface area contributed by atoms with E-state index in [9.17, 15) is 9.90 Å². The van der Waals surface area contributed by atoms with E-state index in [4.69, 9.17) is 21.3 Å². The van der Waals surface area contributed by atoms with Crippen LogP contribution in [0.25, 0.3) is 10.9 Å². The van der Waals surface area contributed by atoms with Crippen LogP contribution in [0.2, 0.25) is 5.02 Å². The van der Waals surface area contributed by atoms with E-state index in [0.717, 1.165) is 54.1 Å². The number of benzene rings is 1. The summed E-state index contributed by atoms with van der Waals surface area (Å²) in [6, 6.07) is 9.85. The first kappa shape index (κ1) is 20.6. The van der Waals surface area contributed by atoms with Crippen LogP contribution in [-0.4, -0.2) is 55.7 Å². The summed E-state index contributed by atoms with van der Waals surface area (Å²) in [4.78, 5) is 18.6. The van der Waals surface area contributed by atoms with Gasteiger partial charge < -0.3 is 20.1 Å². The van der Waals surface area contributed by atoms with Gasteiger partial charge in [-0.3, -0.25) is 5.32 Å². The molecule has 3 N–H and O–H groups in total. The SMILES string of the molecule is CNC(O)COC(=O)NCCC1CCN(c2ccc3c(Cl)cccc3n2)CC1. The number of anilines is 1. The number of carbonyl (C=O) groups is 1. The number of aliphatic hydroxyl groups is 1. The largest absolute Gasteiger partial charge is 0.445 e. The van der Waals surface area contributed by atoms with Gasteiger partial charge in [0, 0.05) is 30.0 Å². The van der Waals surface area contributed by atoms with Crippen molar-refractivity contribution in [2.45, 2.75) is 25.5 Å². The number of hydrogen-bond donors (Lipinski definition) is 3. The van der Waals surface area contributed by atoms with Gasteiger partial charge in [-0.25, -0.2) is 9.78 Å². The van der Waals surface area contributed by atoms with E-state index in [1.807, 2.05) is 30.3 Å². The lowest BCUT2D eigenvalue weighted by Crippen LogP contribution is -2.36. The molecular formula is C20H27ClN4O3. The average Bonchev–Trinajstić information content (AvgIpc) is 2.72. The monoisotopic (exact) mass is 406 g/mol. The van der Waals surface area contributed by atoms with Gasteiger partial charge in [0.25, 0.3) is 0 Å². The highest BCUT2D eigenvalue weighted by molar-refractivity contribution is 6.35. The summed E-state index contributed by atoms with van der Waals surface area (Å²) in [6.07, 6.45) is 1.70. The topological polar surface area (TPSA) is 86.7 Å². The number of likely N-dealkylation sites (N-methyl/N-ethyl adjacent to an activating group) is 1. The fraction of sp³-hybridized carbons (Fsp3) is 0.500. The molecule has 1 atom stereocenters. The second kappa shape index (κ2) is 9.91. The molecule has 1 aromatic heterocycles. The smallest absolute Gasteiger partial charge is 0.407 e. The number of nitrogens with zero attached hydrogens (tertiary/aromatic N) is 2. The summed E-state index contributed by atoms with van der Waals surface area (Å²) in [5.41, 5.74) is 0.915. The van der Waals surface area contributed by atoms with Gasteiger partial charge in [0.1, 0.15) is 18.7 Å². The van der Waals surface area contributed by atoms with Crippen molar-refractivity contribution in [3.8, 4) is 0 Å². The Labute approximate surface area is 170 Å². The van der Waals surface area contributed by atoms with Crippen molar-refractivity contribution in [1.29, 1.82) is 0 Å². The molecule has 1 unspecified atom stereocenters. The van der Waals surface area contributed by atoms with E-state index < -0.39 is 12.3 Å². The van der Waals surface area contributed by atoms with Gasteiger partial charge in [0.15, 0.2) is 0 Å². The van der Waals surface area contributed by atoms with Crippen LogP contribution < -0.4 is 15.5 Å². The highest BCUT2D eigenvalue weighted by Crippen LogP contribution is 2.27. The van der Waals surface area contributed by atoms with Gasteiger partial charge in [-0.1, -0.05) is 17.7 Å². The van der Waals surface area contributed by atoms with Crippen molar-refractivity contribution < 1.29 is 14.6 Å². The van der Waals surface area contributed by atoms with Crippen LogP contribution >= 0.6 is 11.6 Å². The Balaban J connectivity index is 1.42. The van der Waals surface area contributed by atoms with Crippen LogP contribution in [0.5, 0.6) is 0 Å². The van der Waals surface area contributed by atoms with Gasteiger partial charge in [0.05, 0.1) is 5.52 Å². The normalized spacial score (nSPS) is 16.2. The number of piperidine rings is 1. The third-order valence-corrected chi connectivity index (χ3v) is 5.46. The molecule has 0 radical (unpaired) electrons. The number of pyridine rings is 1. The Morgan fingerprint density at radius 2 is 2.14 bits per heavy atom. The lowest BCUT2D eigenvalue weighted by atomic mass is 9.93. The number of alkyl carbamates (subject to hydrolysis) is 1. The van der Waals surface area contributed by atoms with Crippen molar-refractivity contribution >= 4 is 34.4 Å². The van der Waals surface area contributed by atoms with Crippen LogP contribution in [0.15, 0.2) is 30.3 Å². The molecule has 1 amide bonds. The average molecular weight is 407 g/mol. The summed E-state index contributed by atoms with van der Waals surface area (Å²) in [5, 5.41) is 16.3. The zero-order chi connectivity index (χ0) is 19.9. The van der Waals surface area contributed by atoms with Crippen LogP contribution in [0.3, 0.4) is 0 Å². The van der Waals surface area contributed by atoms with Crippen molar-refractivity contribution in [2.24, 2.45) is 5.92 Å². The van der Waals surface area contributed by atoms with Gasteiger partial charge >= 0.3 is 6.09 Å². The number of hydrogen-bond acceptors (Lipinski definition) is 6. The highest BCUT2D eigenvalue weighted by atomic mass is 35.5. The predicted octanol–water partition coefficient (Wildman–Crippen LogP) is 2.76. The predicted molar refractivity (Wildman–Crippen MR) is 111 cm³/mol. The molecule has 2 heterocycles. The summed E-state index contributed by atoms with van der Waals surface area (Å²) < 4.78 is 4.91. The molecule has 8 heteroatoms. The molecule has 7 nitrogen and oxygen atoms in total. The second-order valence-corrected chi connectivity index (χ2v) is 7.43. The Hall–Kier alpha value is -2.09. The lowest BCUT2D eigenvalue weighted by molar-refractivity contribution is 0.0534. The molecule has 1 aliphatic heterocycles. The number of ether oxygens (including phenoxy) is 1. The molecular weight excluding hydrogens is 380 g/mol. The first-order valence-corrected chi connectivity index (χ1v) is 10.0. The number of amides is 1. The van der Waals surface area contributed by atoms with Crippen LogP contribution in [0.4, 0.5) is 10.6 Å². The number of aromatic nitrogens is 1. The zero-order valence-electron chi connectivity index (χ0n) is 16.0. The number of fused-ring (bicyclic) bond motifs is 1. The van der Waals surface area contributed by atoms with E-state index in [2.05, 4.69) is 15.5 Å². The number of carbonyl (C=O) groups excluding carboxylic acids is 1. The molecule has 1 saturated heterocycles. The second-order valence-electron chi connectivity index (χ2n) is 7.02. The fourth-order valence-electron chi connectivity index (χ4n) is 3.40. The number of nitrogens with one attached hydrogen (secondary N) is 2. The van der Waals surface area contributed by atoms with E-state index in [0.29, 0.717) is 12.5 Å².